The minimum atomic E-state index is -0.150. The Kier molecular flexibility index (Phi) is 7.78. The zero-order chi connectivity index (χ0) is 24.8. The first-order valence-electron chi connectivity index (χ1n) is 11.7. The van der Waals surface area contributed by atoms with Gasteiger partial charge in [0.1, 0.15) is 16.8 Å². The molecule has 0 saturated heterocycles. The highest BCUT2D eigenvalue weighted by Gasteiger charge is 2.28. The second-order valence-electron chi connectivity index (χ2n) is 8.55. The summed E-state index contributed by atoms with van der Waals surface area (Å²) in [7, 11) is 0. The molecule has 8 heteroatoms. The van der Waals surface area contributed by atoms with E-state index in [4.69, 9.17) is 4.74 Å². The molecule has 4 rings (SSSR count). The number of carbonyl (C=O) groups excluding carboxylic acids is 2. The average molecular weight is 489 g/mol. The van der Waals surface area contributed by atoms with Crippen LogP contribution in [0.2, 0.25) is 0 Å². The molecule has 1 N–H and O–H groups in total. The van der Waals surface area contributed by atoms with Crippen LogP contribution in [0.5, 0.6) is 5.75 Å². The molecule has 7 nitrogen and oxygen atoms in total. The number of amides is 2. The number of aromatic nitrogens is 1. The Bertz CT molecular complexity index is 1250. The minimum Gasteiger partial charge on any atom is -0.494 e. The minimum absolute atomic E-state index is 0.0305. The number of anilines is 1. The molecule has 1 atom stereocenters. The van der Waals surface area contributed by atoms with E-state index in [1.165, 1.54) is 11.3 Å². The van der Waals surface area contributed by atoms with Gasteiger partial charge >= 0.3 is 0 Å². The zero-order valence-electron chi connectivity index (χ0n) is 19.9. The number of hydrogen-bond acceptors (Lipinski definition) is 6. The maximum Gasteiger partial charge on any atom is 0.227 e. The van der Waals surface area contributed by atoms with Crippen molar-refractivity contribution in [1.82, 2.24) is 9.88 Å². The van der Waals surface area contributed by atoms with Gasteiger partial charge in [0.25, 0.3) is 0 Å². The van der Waals surface area contributed by atoms with E-state index in [1.54, 1.807) is 12.4 Å². The third-order valence-corrected chi connectivity index (χ3v) is 7.23. The van der Waals surface area contributed by atoms with E-state index in [1.807, 2.05) is 55.1 Å². The molecule has 3 aromatic rings. The summed E-state index contributed by atoms with van der Waals surface area (Å²) in [6.45, 7) is 5.49. The number of thiophene rings is 1. The molecule has 1 aliphatic rings. The summed E-state index contributed by atoms with van der Waals surface area (Å²) in [5, 5.41) is 13.3. The van der Waals surface area contributed by atoms with Crippen molar-refractivity contribution in [2.24, 2.45) is 0 Å². The molecule has 0 saturated carbocycles. The van der Waals surface area contributed by atoms with Crippen LogP contribution in [0, 0.1) is 11.3 Å². The predicted molar refractivity (Wildman–Crippen MR) is 135 cm³/mol. The van der Waals surface area contributed by atoms with Gasteiger partial charge in [-0.1, -0.05) is 31.2 Å². The summed E-state index contributed by atoms with van der Waals surface area (Å²) in [6, 6.07) is 13.7. The molecule has 3 heterocycles. The van der Waals surface area contributed by atoms with Gasteiger partial charge in [-0.05, 0) is 48.1 Å². The number of fused-ring (bicyclic) bond motifs is 1. The third-order valence-electron chi connectivity index (χ3n) is 6.09. The van der Waals surface area contributed by atoms with Gasteiger partial charge in [0.2, 0.25) is 11.8 Å². The maximum absolute atomic E-state index is 12.9. The van der Waals surface area contributed by atoms with Crippen LogP contribution in [-0.4, -0.2) is 34.8 Å². The van der Waals surface area contributed by atoms with Gasteiger partial charge in [0.05, 0.1) is 25.1 Å². The van der Waals surface area contributed by atoms with E-state index >= 15 is 0 Å². The maximum atomic E-state index is 12.9. The van der Waals surface area contributed by atoms with E-state index in [9.17, 15) is 14.9 Å². The van der Waals surface area contributed by atoms with Crippen molar-refractivity contribution < 1.29 is 14.3 Å². The van der Waals surface area contributed by atoms with Gasteiger partial charge in [0, 0.05) is 30.2 Å². The monoisotopic (exact) mass is 488 g/mol. The van der Waals surface area contributed by atoms with Crippen LogP contribution in [-0.2, 0) is 29.0 Å². The lowest BCUT2D eigenvalue weighted by Gasteiger charge is -2.27. The summed E-state index contributed by atoms with van der Waals surface area (Å²) >= 11 is 1.39. The zero-order valence-corrected chi connectivity index (χ0v) is 20.7. The Balaban J connectivity index is 1.43. The fourth-order valence-corrected chi connectivity index (χ4v) is 5.58. The number of benzene rings is 1. The number of nitrogens with zero attached hydrogens (tertiary/aromatic N) is 3. The number of hydrogen-bond donors (Lipinski definition) is 1. The SMILES string of the molecule is CCOc1ccccc1C(C)CC(=O)Nc1sc2c(c1C#N)CCN(C(=O)Cc1cccnc1)C2. The highest BCUT2D eigenvalue weighted by atomic mass is 32.1. The second-order valence-corrected chi connectivity index (χ2v) is 9.65. The molecule has 2 aromatic heterocycles. The summed E-state index contributed by atoms with van der Waals surface area (Å²) < 4.78 is 5.71. The molecule has 1 aromatic carbocycles. The largest absolute Gasteiger partial charge is 0.494 e. The number of ether oxygens (including phenoxy) is 1. The van der Waals surface area contributed by atoms with Crippen molar-refractivity contribution in [3.8, 4) is 11.8 Å². The number of rotatable bonds is 8. The quantitative estimate of drug-likeness (QED) is 0.497. The van der Waals surface area contributed by atoms with Crippen LogP contribution in [0.3, 0.4) is 0 Å². The summed E-state index contributed by atoms with van der Waals surface area (Å²) in [5.74, 6) is 0.625. The molecule has 0 bridgehead atoms. The fraction of sp³-hybridized carbons (Fsp3) is 0.333. The number of nitriles is 1. The van der Waals surface area contributed by atoms with Crippen LogP contribution in [0.4, 0.5) is 5.00 Å². The lowest BCUT2D eigenvalue weighted by Crippen LogP contribution is -2.36. The molecule has 0 radical (unpaired) electrons. The molecule has 0 aliphatic carbocycles. The molecule has 180 valence electrons. The Morgan fingerprint density at radius 1 is 1.29 bits per heavy atom. The van der Waals surface area contributed by atoms with Crippen molar-refractivity contribution in [1.29, 1.82) is 5.26 Å². The Morgan fingerprint density at radius 3 is 2.86 bits per heavy atom. The fourth-order valence-electron chi connectivity index (χ4n) is 4.35. The van der Waals surface area contributed by atoms with Gasteiger partial charge in [-0.25, -0.2) is 0 Å². The molecule has 0 fully saturated rings. The van der Waals surface area contributed by atoms with E-state index in [-0.39, 0.29) is 24.2 Å². The first-order chi connectivity index (χ1) is 17.0. The second kappa shape index (κ2) is 11.2. The van der Waals surface area contributed by atoms with Crippen LogP contribution in [0.25, 0.3) is 0 Å². The van der Waals surface area contributed by atoms with Gasteiger partial charge < -0.3 is 15.0 Å². The third kappa shape index (κ3) is 5.69. The van der Waals surface area contributed by atoms with Crippen LogP contribution >= 0.6 is 11.3 Å². The predicted octanol–water partition coefficient (Wildman–Crippen LogP) is 4.67. The first kappa shape index (κ1) is 24.4. The molecular formula is C27H28N4O3S. The molecule has 35 heavy (non-hydrogen) atoms. The Labute approximate surface area is 209 Å². The molecule has 0 spiro atoms. The number of para-hydroxylation sites is 1. The van der Waals surface area contributed by atoms with Crippen molar-refractivity contribution in [3.63, 3.8) is 0 Å². The van der Waals surface area contributed by atoms with Crippen molar-refractivity contribution in [2.45, 2.75) is 45.6 Å². The highest BCUT2D eigenvalue weighted by Crippen LogP contribution is 2.37. The van der Waals surface area contributed by atoms with Gasteiger partial charge in [-0.3, -0.25) is 14.6 Å². The van der Waals surface area contributed by atoms with E-state index in [0.717, 1.165) is 27.3 Å². The Hall–Kier alpha value is -3.70. The van der Waals surface area contributed by atoms with Gasteiger partial charge in [0.15, 0.2) is 0 Å². The van der Waals surface area contributed by atoms with Gasteiger partial charge in [-0.2, -0.15) is 5.26 Å². The normalized spacial score (nSPS) is 13.5. The van der Waals surface area contributed by atoms with Crippen LogP contribution in [0.15, 0.2) is 48.8 Å². The Morgan fingerprint density at radius 2 is 2.11 bits per heavy atom. The lowest BCUT2D eigenvalue weighted by molar-refractivity contribution is -0.131. The summed E-state index contributed by atoms with van der Waals surface area (Å²) in [5.41, 5.74) is 3.31. The van der Waals surface area contributed by atoms with Gasteiger partial charge in [-0.15, -0.1) is 11.3 Å². The molecule has 1 aliphatic heterocycles. The van der Waals surface area contributed by atoms with Crippen molar-refractivity contribution >= 4 is 28.2 Å². The number of nitrogens with one attached hydrogen (secondary N) is 1. The van der Waals surface area contributed by atoms with Crippen molar-refractivity contribution in [2.75, 3.05) is 18.5 Å². The smallest absolute Gasteiger partial charge is 0.227 e. The van der Waals surface area contributed by atoms with E-state index in [0.29, 0.717) is 43.1 Å². The molecular weight excluding hydrogens is 460 g/mol. The average Bonchev–Trinajstić information content (AvgIpc) is 3.20. The lowest BCUT2D eigenvalue weighted by atomic mass is 9.96. The first-order valence-corrected chi connectivity index (χ1v) is 12.5. The number of pyridine rings is 1. The molecule has 1 unspecified atom stereocenters. The summed E-state index contributed by atoms with van der Waals surface area (Å²) in [4.78, 5) is 32.5. The van der Waals surface area contributed by atoms with E-state index in [2.05, 4.69) is 16.4 Å². The van der Waals surface area contributed by atoms with Crippen LogP contribution < -0.4 is 10.1 Å². The van der Waals surface area contributed by atoms with Crippen LogP contribution in [0.1, 0.15) is 53.3 Å². The van der Waals surface area contributed by atoms with Crippen molar-refractivity contribution in [3.05, 3.63) is 75.9 Å². The van der Waals surface area contributed by atoms with E-state index < -0.39 is 0 Å². The highest BCUT2D eigenvalue weighted by molar-refractivity contribution is 7.16. The topological polar surface area (TPSA) is 95.3 Å². The molecule has 2 amide bonds. The standard InChI is InChI=1S/C27H28N4O3S/c1-3-34-23-9-5-4-8-20(23)18(2)13-25(32)30-27-22(15-28)21-10-12-31(17-24(21)35-27)26(33)14-19-7-6-11-29-16-19/h4-9,11,16,18H,3,10,12-14,17H2,1-2H3,(H,30,32). The number of carbonyl (C=O) groups is 2. The summed E-state index contributed by atoms with van der Waals surface area (Å²) in [6.07, 6.45) is 4.55.